The molecule has 1 atom stereocenters. The van der Waals surface area contributed by atoms with Crippen molar-refractivity contribution in [3.05, 3.63) is 35.6 Å². The maximum absolute atomic E-state index is 13.0. The molecule has 0 bridgehead atoms. The van der Waals surface area contributed by atoms with Gasteiger partial charge in [0, 0.05) is 13.1 Å². The lowest BCUT2D eigenvalue weighted by Crippen LogP contribution is -2.46. The van der Waals surface area contributed by atoms with Crippen LogP contribution >= 0.6 is 0 Å². The third-order valence-electron chi connectivity index (χ3n) is 3.44. The molecule has 1 aromatic rings. The van der Waals surface area contributed by atoms with Gasteiger partial charge in [0.15, 0.2) is 6.10 Å². The summed E-state index contributed by atoms with van der Waals surface area (Å²) >= 11 is 0. The summed E-state index contributed by atoms with van der Waals surface area (Å²) in [5.74, 6) is -0.514. The normalized spacial score (nSPS) is 19.8. The molecule has 0 aliphatic carbocycles. The van der Waals surface area contributed by atoms with Crippen molar-refractivity contribution in [3.8, 4) is 0 Å². The highest BCUT2D eigenvalue weighted by molar-refractivity contribution is 5.74. The summed E-state index contributed by atoms with van der Waals surface area (Å²) in [5, 5.41) is 0. The molecule has 1 saturated heterocycles. The van der Waals surface area contributed by atoms with Crippen LogP contribution in [-0.4, -0.2) is 50.3 Å². The van der Waals surface area contributed by atoms with E-state index in [1.807, 2.05) is 6.07 Å². The first kappa shape index (κ1) is 14.9. The molecule has 0 N–H and O–H groups in total. The Morgan fingerprint density at radius 1 is 1.55 bits per heavy atom. The topological polar surface area (TPSA) is 38.8 Å². The fourth-order valence-electron chi connectivity index (χ4n) is 2.38. The largest absolute Gasteiger partial charge is 0.467 e. The standard InChI is InChI=1S/C15H20FNO3/c1-19-15(18)14-11-17(8-9-20-14)7-3-5-12-4-2-6-13(16)10-12/h2,4,6,10,14H,3,5,7-9,11H2,1H3/t14-/m0/s1. The minimum Gasteiger partial charge on any atom is -0.467 e. The lowest BCUT2D eigenvalue weighted by atomic mass is 10.1. The number of carbonyl (C=O) groups is 1. The summed E-state index contributed by atoms with van der Waals surface area (Å²) in [6, 6.07) is 6.68. The van der Waals surface area contributed by atoms with Crippen LogP contribution in [0, 0.1) is 5.82 Å². The fraction of sp³-hybridized carbons (Fsp3) is 0.533. The minimum absolute atomic E-state index is 0.195. The van der Waals surface area contributed by atoms with Crippen molar-refractivity contribution in [2.75, 3.05) is 33.4 Å². The molecule has 0 amide bonds. The highest BCUT2D eigenvalue weighted by Gasteiger charge is 2.26. The van der Waals surface area contributed by atoms with E-state index < -0.39 is 6.10 Å². The summed E-state index contributed by atoms with van der Waals surface area (Å²) in [4.78, 5) is 13.6. The van der Waals surface area contributed by atoms with Gasteiger partial charge in [0.1, 0.15) is 5.82 Å². The number of hydrogen-bond donors (Lipinski definition) is 0. The molecule has 1 aliphatic rings. The molecule has 1 aliphatic heterocycles. The second-order valence-electron chi connectivity index (χ2n) is 4.92. The van der Waals surface area contributed by atoms with Crippen molar-refractivity contribution in [3.63, 3.8) is 0 Å². The predicted octanol–water partition coefficient (Wildman–Crippen LogP) is 1.63. The predicted molar refractivity (Wildman–Crippen MR) is 72.9 cm³/mol. The van der Waals surface area contributed by atoms with Crippen molar-refractivity contribution >= 4 is 5.97 Å². The number of carbonyl (C=O) groups excluding carboxylic acids is 1. The average molecular weight is 281 g/mol. The fourth-order valence-corrected chi connectivity index (χ4v) is 2.38. The van der Waals surface area contributed by atoms with Crippen LogP contribution in [0.2, 0.25) is 0 Å². The molecule has 0 unspecified atom stereocenters. The zero-order valence-electron chi connectivity index (χ0n) is 11.7. The van der Waals surface area contributed by atoms with Gasteiger partial charge in [-0.1, -0.05) is 12.1 Å². The number of methoxy groups -OCH3 is 1. The first-order valence-corrected chi connectivity index (χ1v) is 6.85. The molecule has 2 rings (SSSR count). The van der Waals surface area contributed by atoms with Crippen LogP contribution in [0.3, 0.4) is 0 Å². The summed E-state index contributed by atoms with van der Waals surface area (Å²) in [5.41, 5.74) is 1.00. The van der Waals surface area contributed by atoms with Crippen LogP contribution in [0.15, 0.2) is 24.3 Å². The van der Waals surface area contributed by atoms with Crippen LogP contribution < -0.4 is 0 Å². The number of esters is 1. The Bertz CT molecular complexity index is 452. The van der Waals surface area contributed by atoms with E-state index >= 15 is 0 Å². The average Bonchev–Trinajstić information content (AvgIpc) is 2.47. The summed E-state index contributed by atoms with van der Waals surface area (Å²) in [7, 11) is 1.37. The molecule has 1 aromatic carbocycles. The monoisotopic (exact) mass is 281 g/mol. The number of nitrogens with zero attached hydrogens (tertiary/aromatic N) is 1. The van der Waals surface area contributed by atoms with Crippen LogP contribution in [0.1, 0.15) is 12.0 Å². The number of morpholine rings is 1. The van der Waals surface area contributed by atoms with E-state index in [1.165, 1.54) is 13.2 Å². The van der Waals surface area contributed by atoms with Gasteiger partial charge in [-0.15, -0.1) is 0 Å². The second kappa shape index (κ2) is 7.36. The number of rotatable bonds is 5. The summed E-state index contributed by atoms with van der Waals surface area (Å²) < 4.78 is 23.1. The molecule has 4 nitrogen and oxygen atoms in total. The van der Waals surface area contributed by atoms with Crippen LogP contribution in [-0.2, 0) is 20.7 Å². The van der Waals surface area contributed by atoms with E-state index in [1.54, 1.807) is 12.1 Å². The Morgan fingerprint density at radius 3 is 3.15 bits per heavy atom. The van der Waals surface area contributed by atoms with Gasteiger partial charge in [-0.25, -0.2) is 9.18 Å². The Hall–Kier alpha value is -1.46. The van der Waals surface area contributed by atoms with E-state index in [2.05, 4.69) is 4.90 Å². The Labute approximate surface area is 118 Å². The molecular formula is C15H20FNO3. The van der Waals surface area contributed by atoms with Gasteiger partial charge < -0.3 is 9.47 Å². The highest BCUT2D eigenvalue weighted by atomic mass is 19.1. The van der Waals surface area contributed by atoms with Gasteiger partial charge in [-0.05, 0) is 37.1 Å². The lowest BCUT2D eigenvalue weighted by Gasteiger charge is -2.31. The van der Waals surface area contributed by atoms with E-state index in [4.69, 9.17) is 9.47 Å². The third kappa shape index (κ3) is 4.28. The maximum atomic E-state index is 13.0. The van der Waals surface area contributed by atoms with Crippen LogP contribution in [0.4, 0.5) is 4.39 Å². The number of halogens is 1. The van der Waals surface area contributed by atoms with Gasteiger partial charge in [-0.3, -0.25) is 4.90 Å². The Morgan fingerprint density at radius 2 is 2.40 bits per heavy atom. The Balaban J connectivity index is 1.75. The van der Waals surface area contributed by atoms with E-state index in [-0.39, 0.29) is 11.8 Å². The van der Waals surface area contributed by atoms with Crippen molar-refractivity contribution in [2.45, 2.75) is 18.9 Å². The molecule has 1 heterocycles. The summed E-state index contributed by atoms with van der Waals surface area (Å²) in [6.45, 7) is 2.79. The molecule has 1 fully saturated rings. The quantitative estimate of drug-likeness (QED) is 0.769. The number of benzene rings is 1. The minimum atomic E-state index is -0.483. The molecule has 110 valence electrons. The molecule has 5 heteroatoms. The first-order chi connectivity index (χ1) is 9.69. The number of hydrogen-bond acceptors (Lipinski definition) is 4. The van der Waals surface area contributed by atoms with Crippen molar-refractivity contribution in [1.29, 1.82) is 0 Å². The van der Waals surface area contributed by atoms with Gasteiger partial charge in [-0.2, -0.15) is 0 Å². The molecule has 0 aromatic heterocycles. The number of ether oxygens (including phenoxy) is 2. The van der Waals surface area contributed by atoms with E-state index in [0.717, 1.165) is 31.5 Å². The lowest BCUT2D eigenvalue weighted by molar-refractivity contribution is -0.159. The van der Waals surface area contributed by atoms with Crippen molar-refractivity contribution < 1.29 is 18.7 Å². The zero-order valence-corrected chi connectivity index (χ0v) is 11.7. The molecule has 20 heavy (non-hydrogen) atoms. The first-order valence-electron chi connectivity index (χ1n) is 6.85. The van der Waals surface area contributed by atoms with Gasteiger partial charge in [0.05, 0.1) is 13.7 Å². The number of aryl methyl sites for hydroxylation is 1. The van der Waals surface area contributed by atoms with Gasteiger partial charge in [0.2, 0.25) is 0 Å². The van der Waals surface area contributed by atoms with Crippen molar-refractivity contribution in [2.24, 2.45) is 0 Å². The molecule has 0 saturated carbocycles. The van der Waals surface area contributed by atoms with Gasteiger partial charge >= 0.3 is 5.97 Å². The van der Waals surface area contributed by atoms with E-state index in [0.29, 0.717) is 13.2 Å². The molecular weight excluding hydrogens is 261 g/mol. The van der Waals surface area contributed by atoms with Crippen molar-refractivity contribution in [1.82, 2.24) is 4.90 Å². The second-order valence-corrected chi connectivity index (χ2v) is 4.92. The highest BCUT2D eigenvalue weighted by Crippen LogP contribution is 2.10. The van der Waals surface area contributed by atoms with Crippen LogP contribution in [0.25, 0.3) is 0 Å². The van der Waals surface area contributed by atoms with Gasteiger partial charge in [0.25, 0.3) is 0 Å². The van der Waals surface area contributed by atoms with E-state index in [9.17, 15) is 9.18 Å². The molecule has 0 spiro atoms. The maximum Gasteiger partial charge on any atom is 0.336 e. The Kier molecular flexibility index (Phi) is 5.49. The summed E-state index contributed by atoms with van der Waals surface area (Å²) in [6.07, 6.45) is 1.28. The zero-order chi connectivity index (χ0) is 14.4. The SMILES string of the molecule is COC(=O)[C@@H]1CN(CCCc2cccc(F)c2)CCO1. The smallest absolute Gasteiger partial charge is 0.336 e. The molecule has 0 radical (unpaired) electrons. The van der Waals surface area contributed by atoms with Crippen LogP contribution in [0.5, 0.6) is 0 Å². The third-order valence-corrected chi connectivity index (χ3v) is 3.44.